The van der Waals surface area contributed by atoms with Gasteiger partial charge in [-0.15, -0.1) is 0 Å². The van der Waals surface area contributed by atoms with Crippen molar-refractivity contribution in [3.05, 3.63) is 35.4 Å². The summed E-state index contributed by atoms with van der Waals surface area (Å²) < 4.78 is 0. The lowest BCUT2D eigenvalue weighted by atomic mass is 9.83. The topological polar surface area (TPSA) is 29.3 Å². The molecule has 2 heteroatoms. The minimum Gasteiger partial charge on any atom is -0.329 e. The highest BCUT2D eigenvalue weighted by molar-refractivity contribution is 5.22. The van der Waals surface area contributed by atoms with E-state index in [0.29, 0.717) is 6.04 Å². The Labute approximate surface area is 118 Å². The monoisotopic (exact) mass is 260 g/mol. The Morgan fingerprint density at radius 2 is 2.00 bits per heavy atom. The molecule has 0 saturated heterocycles. The fourth-order valence-corrected chi connectivity index (χ4v) is 3.47. The van der Waals surface area contributed by atoms with Gasteiger partial charge >= 0.3 is 0 Å². The lowest BCUT2D eigenvalue weighted by Gasteiger charge is -2.36. The van der Waals surface area contributed by atoms with Crippen molar-refractivity contribution in [1.82, 2.24) is 4.90 Å². The second-order valence-corrected chi connectivity index (χ2v) is 6.11. The van der Waals surface area contributed by atoms with E-state index in [4.69, 9.17) is 5.73 Å². The normalized spacial score (nSPS) is 18.7. The van der Waals surface area contributed by atoms with Crippen molar-refractivity contribution < 1.29 is 0 Å². The van der Waals surface area contributed by atoms with E-state index in [0.717, 1.165) is 19.0 Å². The first-order valence-corrected chi connectivity index (χ1v) is 7.66. The van der Waals surface area contributed by atoms with Crippen LogP contribution in [0.2, 0.25) is 0 Å². The first kappa shape index (κ1) is 14.5. The van der Waals surface area contributed by atoms with Crippen LogP contribution in [0.15, 0.2) is 24.3 Å². The smallest absolute Gasteiger partial charge is 0.0247 e. The van der Waals surface area contributed by atoms with E-state index in [1.165, 1.54) is 43.2 Å². The summed E-state index contributed by atoms with van der Waals surface area (Å²) in [5, 5.41) is 0. The third kappa shape index (κ3) is 4.05. The quantitative estimate of drug-likeness (QED) is 0.880. The molecule has 2 nitrogen and oxygen atoms in total. The molecular weight excluding hydrogens is 232 g/mol. The van der Waals surface area contributed by atoms with Crippen molar-refractivity contribution in [3.63, 3.8) is 0 Å². The Morgan fingerprint density at radius 3 is 2.63 bits per heavy atom. The molecule has 2 rings (SSSR count). The van der Waals surface area contributed by atoms with Gasteiger partial charge in [-0.25, -0.2) is 0 Å². The zero-order chi connectivity index (χ0) is 13.7. The minimum atomic E-state index is 0.542. The molecule has 106 valence electrons. The van der Waals surface area contributed by atoms with Gasteiger partial charge in [-0.2, -0.15) is 0 Å². The summed E-state index contributed by atoms with van der Waals surface area (Å²) in [5.74, 6) is 0.800. The van der Waals surface area contributed by atoms with Gasteiger partial charge in [0.1, 0.15) is 0 Å². The average Bonchev–Trinajstić information content (AvgIpc) is 2.41. The van der Waals surface area contributed by atoms with Crippen LogP contribution in [0.3, 0.4) is 0 Å². The van der Waals surface area contributed by atoms with Crippen molar-refractivity contribution in [3.8, 4) is 0 Å². The van der Waals surface area contributed by atoms with E-state index in [1.807, 2.05) is 0 Å². The SMILES string of the molecule is Cc1cccc(CN(C)C(CN)C2CCCCC2)c1. The van der Waals surface area contributed by atoms with E-state index in [9.17, 15) is 0 Å². The number of nitrogens with two attached hydrogens (primary N) is 1. The van der Waals surface area contributed by atoms with Crippen LogP contribution in [-0.4, -0.2) is 24.5 Å². The highest BCUT2D eigenvalue weighted by Gasteiger charge is 2.25. The Hall–Kier alpha value is -0.860. The van der Waals surface area contributed by atoms with Crippen molar-refractivity contribution in [1.29, 1.82) is 0 Å². The predicted molar refractivity (Wildman–Crippen MR) is 82.1 cm³/mol. The highest BCUT2D eigenvalue weighted by atomic mass is 15.1. The number of nitrogens with zero attached hydrogens (tertiary/aromatic N) is 1. The van der Waals surface area contributed by atoms with Crippen molar-refractivity contribution in [2.75, 3.05) is 13.6 Å². The predicted octanol–water partition coefficient (Wildman–Crippen LogP) is 3.33. The minimum absolute atomic E-state index is 0.542. The zero-order valence-electron chi connectivity index (χ0n) is 12.4. The summed E-state index contributed by atoms with van der Waals surface area (Å²) in [7, 11) is 2.23. The molecule has 1 atom stereocenters. The second kappa shape index (κ2) is 7.06. The van der Waals surface area contributed by atoms with Gasteiger partial charge in [0, 0.05) is 19.1 Å². The highest BCUT2D eigenvalue weighted by Crippen LogP contribution is 2.28. The molecule has 1 aliphatic rings. The van der Waals surface area contributed by atoms with E-state index >= 15 is 0 Å². The van der Waals surface area contributed by atoms with Gasteiger partial charge in [0.15, 0.2) is 0 Å². The number of hydrogen-bond donors (Lipinski definition) is 1. The van der Waals surface area contributed by atoms with Crippen molar-refractivity contribution in [2.45, 2.75) is 51.6 Å². The molecule has 1 unspecified atom stereocenters. The fraction of sp³-hybridized carbons (Fsp3) is 0.647. The van der Waals surface area contributed by atoms with Gasteiger partial charge in [0.25, 0.3) is 0 Å². The Bertz CT molecular complexity index is 383. The summed E-state index contributed by atoms with van der Waals surface area (Å²) in [4.78, 5) is 2.46. The standard InChI is InChI=1S/C17H28N2/c1-14-7-6-8-15(11-14)13-19(2)17(12-18)16-9-4-3-5-10-16/h6-8,11,16-17H,3-5,9-10,12-13,18H2,1-2H3. The molecule has 0 amide bonds. The molecule has 0 bridgehead atoms. The third-order valence-corrected chi connectivity index (χ3v) is 4.52. The number of benzene rings is 1. The fourth-order valence-electron chi connectivity index (χ4n) is 3.47. The third-order valence-electron chi connectivity index (χ3n) is 4.52. The molecule has 1 aliphatic carbocycles. The molecule has 0 radical (unpaired) electrons. The zero-order valence-corrected chi connectivity index (χ0v) is 12.4. The van der Waals surface area contributed by atoms with Crippen LogP contribution in [0, 0.1) is 12.8 Å². The van der Waals surface area contributed by atoms with Crippen LogP contribution in [0.4, 0.5) is 0 Å². The van der Waals surface area contributed by atoms with Crippen molar-refractivity contribution >= 4 is 0 Å². The van der Waals surface area contributed by atoms with E-state index in [1.54, 1.807) is 0 Å². The van der Waals surface area contributed by atoms with Crippen molar-refractivity contribution in [2.24, 2.45) is 11.7 Å². The molecular formula is C17H28N2. The van der Waals surface area contributed by atoms with Gasteiger partial charge in [0.2, 0.25) is 0 Å². The average molecular weight is 260 g/mol. The lowest BCUT2D eigenvalue weighted by Crippen LogP contribution is -2.43. The number of aryl methyl sites for hydroxylation is 1. The Balaban J connectivity index is 1.97. The van der Waals surface area contributed by atoms with Crippen LogP contribution < -0.4 is 5.73 Å². The molecule has 0 heterocycles. The summed E-state index contributed by atoms with van der Waals surface area (Å²) in [6.07, 6.45) is 6.91. The maximum atomic E-state index is 6.05. The molecule has 2 N–H and O–H groups in total. The van der Waals surface area contributed by atoms with Crippen LogP contribution >= 0.6 is 0 Å². The molecule has 0 aromatic heterocycles. The molecule has 1 saturated carbocycles. The first-order chi connectivity index (χ1) is 9.20. The van der Waals surface area contributed by atoms with Gasteiger partial charge in [-0.1, -0.05) is 49.1 Å². The van der Waals surface area contributed by atoms with Crippen LogP contribution in [-0.2, 0) is 6.54 Å². The molecule has 1 aromatic rings. The second-order valence-electron chi connectivity index (χ2n) is 6.11. The summed E-state index contributed by atoms with van der Waals surface area (Å²) in [5.41, 5.74) is 8.79. The molecule has 0 spiro atoms. The van der Waals surface area contributed by atoms with E-state index in [-0.39, 0.29) is 0 Å². The Kier molecular flexibility index (Phi) is 5.41. The van der Waals surface area contributed by atoms with E-state index in [2.05, 4.69) is 43.1 Å². The maximum absolute atomic E-state index is 6.05. The van der Waals surface area contributed by atoms with Crippen LogP contribution in [0.25, 0.3) is 0 Å². The van der Waals surface area contributed by atoms with Gasteiger partial charge in [-0.3, -0.25) is 4.90 Å². The molecule has 19 heavy (non-hydrogen) atoms. The summed E-state index contributed by atoms with van der Waals surface area (Å²) >= 11 is 0. The Morgan fingerprint density at radius 1 is 1.26 bits per heavy atom. The number of rotatable bonds is 5. The largest absolute Gasteiger partial charge is 0.329 e. The summed E-state index contributed by atoms with van der Waals surface area (Å²) in [6.45, 7) is 3.96. The maximum Gasteiger partial charge on any atom is 0.0247 e. The first-order valence-electron chi connectivity index (χ1n) is 7.66. The van der Waals surface area contributed by atoms with Crippen LogP contribution in [0.1, 0.15) is 43.2 Å². The van der Waals surface area contributed by atoms with Crippen LogP contribution in [0.5, 0.6) is 0 Å². The van der Waals surface area contributed by atoms with E-state index < -0.39 is 0 Å². The van der Waals surface area contributed by atoms with Gasteiger partial charge < -0.3 is 5.73 Å². The number of hydrogen-bond acceptors (Lipinski definition) is 2. The van der Waals surface area contributed by atoms with Gasteiger partial charge in [-0.05, 0) is 38.3 Å². The lowest BCUT2D eigenvalue weighted by molar-refractivity contribution is 0.143. The molecule has 0 aliphatic heterocycles. The molecule has 1 aromatic carbocycles. The van der Waals surface area contributed by atoms with Gasteiger partial charge in [0.05, 0.1) is 0 Å². The summed E-state index contributed by atoms with van der Waals surface area (Å²) in [6, 6.07) is 9.35. The molecule has 1 fully saturated rings. The number of likely N-dealkylation sites (N-methyl/N-ethyl adjacent to an activating group) is 1.